The van der Waals surface area contributed by atoms with E-state index in [1.54, 1.807) is 0 Å². The van der Waals surface area contributed by atoms with E-state index < -0.39 is 37.3 Å². The number of nitro groups is 1. The Kier molecular flexibility index (Phi) is 6.84. The van der Waals surface area contributed by atoms with Crippen LogP contribution in [0.2, 0.25) is 0 Å². The standard InChI is InChI=1S/C20H20F3N3O5S/c21-20(22,23)16-8-5-15(6-9-16)7-10-19(27)24-11-13-25(14-12-24)32(30,31)18-4-2-1-3-17(18)26(28)29/h1-6,8-9H,7,10-14H2. The van der Waals surface area contributed by atoms with Gasteiger partial charge in [-0.25, -0.2) is 8.42 Å². The molecule has 12 heteroatoms. The average molecular weight is 471 g/mol. The quantitative estimate of drug-likeness (QED) is 0.476. The molecule has 0 bridgehead atoms. The Hall–Kier alpha value is -2.99. The average Bonchev–Trinajstić information content (AvgIpc) is 2.77. The number of alkyl halides is 3. The number of benzene rings is 2. The third kappa shape index (κ3) is 5.25. The largest absolute Gasteiger partial charge is 0.416 e. The zero-order valence-electron chi connectivity index (χ0n) is 16.8. The fourth-order valence-corrected chi connectivity index (χ4v) is 4.99. The number of halogens is 3. The molecular formula is C20H20F3N3O5S. The second-order valence-corrected chi connectivity index (χ2v) is 9.11. The van der Waals surface area contributed by atoms with E-state index in [2.05, 4.69) is 0 Å². The normalized spacial score (nSPS) is 15.5. The van der Waals surface area contributed by atoms with Gasteiger partial charge in [0.05, 0.1) is 10.5 Å². The summed E-state index contributed by atoms with van der Waals surface area (Å²) in [5.41, 5.74) is -0.685. The van der Waals surface area contributed by atoms with Crippen molar-refractivity contribution < 1.29 is 31.3 Å². The van der Waals surface area contributed by atoms with E-state index in [9.17, 15) is 36.5 Å². The molecule has 1 aliphatic heterocycles. The first-order valence-corrected chi connectivity index (χ1v) is 11.1. The Morgan fingerprint density at radius 2 is 1.59 bits per heavy atom. The second kappa shape index (κ2) is 9.25. The molecule has 0 radical (unpaired) electrons. The monoisotopic (exact) mass is 471 g/mol. The molecule has 0 unspecified atom stereocenters. The summed E-state index contributed by atoms with van der Waals surface area (Å²) in [6.45, 7) is 0.207. The minimum Gasteiger partial charge on any atom is -0.340 e. The van der Waals surface area contributed by atoms with Crippen molar-refractivity contribution in [2.75, 3.05) is 26.2 Å². The number of amides is 1. The topological polar surface area (TPSA) is 101 Å². The number of rotatable bonds is 6. The Morgan fingerprint density at radius 1 is 1.00 bits per heavy atom. The molecule has 0 saturated carbocycles. The molecule has 0 atom stereocenters. The predicted octanol–water partition coefficient (Wildman–Crippen LogP) is 3.08. The molecule has 172 valence electrons. The van der Waals surface area contributed by atoms with E-state index in [0.29, 0.717) is 5.56 Å². The van der Waals surface area contributed by atoms with Crippen molar-refractivity contribution in [2.24, 2.45) is 0 Å². The van der Waals surface area contributed by atoms with Crippen LogP contribution in [0, 0.1) is 10.1 Å². The second-order valence-electron chi connectivity index (χ2n) is 7.20. The maximum atomic E-state index is 12.8. The Balaban J connectivity index is 1.57. The Bertz CT molecular complexity index is 1100. The van der Waals surface area contributed by atoms with Crippen LogP contribution in [0.1, 0.15) is 17.5 Å². The summed E-state index contributed by atoms with van der Waals surface area (Å²) in [4.78, 5) is 23.9. The van der Waals surface area contributed by atoms with E-state index in [-0.39, 0.29) is 44.9 Å². The first kappa shape index (κ1) is 23.7. The molecule has 1 heterocycles. The molecule has 0 spiro atoms. The van der Waals surface area contributed by atoms with Crippen molar-refractivity contribution in [3.63, 3.8) is 0 Å². The highest BCUT2D eigenvalue weighted by atomic mass is 32.2. The van der Waals surface area contributed by atoms with Gasteiger partial charge in [-0.3, -0.25) is 14.9 Å². The van der Waals surface area contributed by atoms with Gasteiger partial charge in [0.15, 0.2) is 4.90 Å². The molecule has 0 N–H and O–H groups in total. The van der Waals surface area contributed by atoms with Gasteiger partial charge in [0.1, 0.15) is 0 Å². The molecular weight excluding hydrogens is 451 g/mol. The number of piperazine rings is 1. The van der Waals surface area contributed by atoms with Crippen molar-refractivity contribution >= 4 is 21.6 Å². The Labute approximate surface area is 182 Å². The third-order valence-electron chi connectivity index (χ3n) is 5.18. The van der Waals surface area contributed by atoms with Crippen LogP contribution >= 0.6 is 0 Å². The summed E-state index contributed by atoms with van der Waals surface area (Å²) >= 11 is 0. The lowest BCUT2D eigenvalue weighted by molar-refractivity contribution is -0.387. The van der Waals surface area contributed by atoms with Gasteiger partial charge in [-0.05, 0) is 30.2 Å². The molecule has 0 aliphatic carbocycles. The summed E-state index contributed by atoms with van der Waals surface area (Å²) in [6, 6.07) is 9.66. The summed E-state index contributed by atoms with van der Waals surface area (Å²) in [5.74, 6) is -0.243. The summed E-state index contributed by atoms with van der Waals surface area (Å²) in [5, 5.41) is 11.2. The van der Waals surface area contributed by atoms with Crippen LogP contribution in [0.3, 0.4) is 0 Å². The zero-order valence-corrected chi connectivity index (χ0v) is 17.6. The lowest BCUT2D eigenvalue weighted by Crippen LogP contribution is -2.50. The van der Waals surface area contributed by atoms with Gasteiger partial charge in [0.2, 0.25) is 15.9 Å². The SMILES string of the molecule is O=C(CCc1ccc(C(F)(F)F)cc1)N1CCN(S(=O)(=O)c2ccccc2[N+](=O)[O-])CC1. The number of sulfonamides is 1. The number of aryl methyl sites for hydroxylation is 1. The van der Waals surface area contributed by atoms with Gasteiger partial charge in [0, 0.05) is 38.7 Å². The van der Waals surface area contributed by atoms with E-state index in [1.807, 2.05) is 0 Å². The highest BCUT2D eigenvalue weighted by molar-refractivity contribution is 7.89. The zero-order chi connectivity index (χ0) is 23.5. The van der Waals surface area contributed by atoms with Gasteiger partial charge in [-0.15, -0.1) is 0 Å². The molecule has 1 saturated heterocycles. The molecule has 32 heavy (non-hydrogen) atoms. The van der Waals surface area contributed by atoms with Crippen molar-refractivity contribution in [3.8, 4) is 0 Å². The van der Waals surface area contributed by atoms with E-state index in [0.717, 1.165) is 22.5 Å². The summed E-state index contributed by atoms with van der Waals surface area (Å²) in [6.07, 6.45) is -4.09. The minimum absolute atomic E-state index is 0.0135. The highest BCUT2D eigenvalue weighted by Gasteiger charge is 2.34. The number of carbonyl (C=O) groups excluding carboxylic acids is 1. The first-order chi connectivity index (χ1) is 15.0. The number of nitrogens with zero attached hydrogens (tertiary/aromatic N) is 3. The van der Waals surface area contributed by atoms with Crippen LogP contribution in [-0.2, 0) is 27.4 Å². The molecule has 2 aromatic carbocycles. The van der Waals surface area contributed by atoms with E-state index in [4.69, 9.17) is 0 Å². The number of carbonyl (C=O) groups is 1. The number of hydrogen-bond donors (Lipinski definition) is 0. The van der Waals surface area contributed by atoms with Gasteiger partial charge in [-0.1, -0.05) is 24.3 Å². The van der Waals surface area contributed by atoms with Crippen molar-refractivity contribution in [1.29, 1.82) is 0 Å². The fourth-order valence-electron chi connectivity index (χ4n) is 3.41. The smallest absolute Gasteiger partial charge is 0.340 e. The van der Waals surface area contributed by atoms with Crippen LogP contribution in [0.4, 0.5) is 18.9 Å². The lowest BCUT2D eigenvalue weighted by Gasteiger charge is -2.34. The summed E-state index contributed by atoms with van der Waals surface area (Å²) < 4.78 is 64.6. The number of nitro benzene ring substituents is 1. The molecule has 1 amide bonds. The predicted molar refractivity (Wildman–Crippen MR) is 108 cm³/mol. The van der Waals surface area contributed by atoms with Crippen LogP contribution in [0.25, 0.3) is 0 Å². The van der Waals surface area contributed by atoms with Gasteiger partial charge in [-0.2, -0.15) is 17.5 Å². The molecule has 1 fully saturated rings. The third-order valence-corrected chi connectivity index (χ3v) is 7.13. The van der Waals surface area contributed by atoms with Crippen LogP contribution in [-0.4, -0.2) is 54.6 Å². The number of para-hydroxylation sites is 1. The molecule has 8 nitrogen and oxygen atoms in total. The van der Waals surface area contributed by atoms with Crippen molar-refractivity contribution in [3.05, 3.63) is 69.8 Å². The van der Waals surface area contributed by atoms with Crippen LogP contribution in [0.15, 0.2) is 53.4 Å². The molecule has 3 rings (SSSR count). The van der Waals surface area contributed by atoms with Crippen molar-refractivity contribution in [2.45, 2.75) is 23.9 Å². The van der Waals surface area contributed by atoms with Crippen LogP contribution < -0.4 is 0 Å². The highest BCUT2D eigenvalue weighted by Crippen LogP contribution is 2.29. The van der Waals surface area contributed by atoms with Gasteiger partial charge in [0.25, 0.3) is 5.69 Å². The lowest BCUT2D eigenvalue weighted by atomic mass is 10.1. The number of hydrogen-bond acceptors (Lipinski definition) is 5. The van der Waals surface area contributed by atoms with E-state index in [1.165, 1.54) is 35.2 Å². The summed E-state index contributed by atoms with van der Waals surface area (Å²) in [7, 11) is -4.10. The van der Waals surface area contributed by atoms with Gasteiger partial charge < -0.3 is 4.90 Å². The maximum Gasteiger partial charge on any atom is 0.416 e. The Morgan fingerprint density at radius 3 is 2.16 bits per heavy atom. The van der Waals surface area contributed by atoms with Gasteiger partial charge >= 0.3 is 6.18 Å². The minimum atomic E-state index is -4.42. The maximum absolute atomic E-state index is 12.8. The fraction of sp³-hybridized carbons (Fsp3) is 0.350. The van der Waals surface area contributed by atoms with Crippen LogP contribution in [0.5, 0.6) is 0 Å². The molecule has 2 aromatic rings. The van der Waals surface area contributed by atoms with E-state index >= 15 is 0 Å². The molecule has 1 aliphatic rings. The molecule has 0 aromatic heterocycles. The first-order valence-electron chi connectivity index (χ1n) is 9.67. The van der Waals surface area contributed by atoms with Crippen molar-refractivity contribution in [1.82, 2.24) is 9.21 Å².